The summed E-state index contributed by atoms with van der Waals surface area (Å²) in [6.45, 7) is 28.9. The van der Waals surface area contributed by atoms with Crippen LogP contribution in [-0.4, -0.2) is 93.3 Å². The molecule has 0 spiro atoms. The molecule has 126 heavy (non-hydrogen) atoms. The fourth-order valence-corrected chi connectivity index (χ4v) is 16.0. The van der Waals surface area contributed by atoms with Crippen molar-refractivity contribution in [3.8, 4) is 11.4 Å². The largest absolute Gasteiger partial charge is 0.478 e. The van der Waals surface area contributed by atoms with Crippen molar-refractivity contribution in [2.45, 2.75) is 133 Å². The van der Waals surface area contributed by atoms with Crippen LogP contribution in [0.3, 0.4) is 0 Å². The number of rotatable bonds is 15. The molecule has 12 N–H and O–H groups in total. The van der Waals surface area contributed by atoms with E-state index in [0.717, 1.165) is 84.7 Å². The van der Waals surface area contributed by atoms with Crippen molar-refractivity contribution in [2.75, 3.05) is 31.4 Å². The smallest absolute Gasteiger partial charge is 0.337 e. The topological polar surface area (TPSA) is 448 Å². The first-order valence-corrected chi connectivity index (χ1v) is 49.0. The minimum atomic E-state index is -3.86. The van der Waals surface area contributed by atoms with E-state index in [9.17, 15) is 64.5 Å². The number of aryl methyl sites for hydroxylation is 15. The Morgan fingerprint density at radius 3 is 0.968 bits per heavy atom. The van der Waals surface area contributed by atoms with E-state index in [4.69, 9.17) is 59.5 Å². The first-order valence-electron chi connectivity index (χ1n) is 37.6. The molecule has 36 heteroatoms. The number of hydrogen-bond donors (Lipinski definition) is 9. The van der Waals surface area contributed by atoms with Gasteiger partial charge in [-0.05, 0) is 294 Å². The molecule has 1 heterocycles. The maximum absolute atomic E-state index is 13.0. The maximum atomic E-state index is 13.0. The zero-order valence-electron chi connectivity index (χ0n) is 71.3. The molecule has 13 rings (SSSR count). The average molecular weight is 1890 g/mol. The van der Waals surface area contributed by atoms with Gasteiger partial charge in [0.2, 0.25) is 5.82 Å². The number of nitrogens with one attached hydrogen (secondary N) is 4. The number of aromatic amines is 1. The Labute approximate surface area is 749 Å². The summed E-state index contributed by atoms with van der Waals surface area (Å²) in [4.78, 5) is 22.5. The van der Waals surface area contributed by atoms with Crippen molar-refractivity contribution in [1.82, 2.24) is 20.6 Å². The number of carboxylic acid groups (broad SMARTS) is 2. The van der Waals surface area contributed by atoms with E-state index < -0.39 is 75.0 Å². The van der Waals surface area contributed by atoms with E-state index >= 15 is 0 Å². The highest BCUT2D eigenvalue weighted by molar-refractivity contribution is 8.14. The molecular weight excluding hydrogens is 1790 g/mol. The van der Waals surface area contributed by atoms with E-state index in [-0.39, 0.29) is 52.0 Å². The Morgan fingerprint density at radius 2 is 0.619 bits per heavy atom. The SMILES string of the molecule is Cc1cc(C)c(N)cc1C.Cc1ccc(-c2nn[nH]n2)c(NS(=O)(=O)c2ccc(F)cc2)c1.Cc1ccc(N)c(C(=O)O)c1.Cc1ccc(N)cc1.Cc1ccc(S(=O)(=O)Cl)cc1.Cc1ccc(S(=O)(=O)Cl)cc1.Cc1ccc(S(=O)(=O)Cl)cc1.Cc1ccc(S(=O)(=O)Nc2cc(C)c(C)cc2C)cc1.Cc1ccc(S(=O)(=O)Nc2ccc(C)cc2C(=O)O)cc1. The van der Waals surface area contributed by atoms with Crippen molar-refractivity contribution in [2.24, 2.45) is 0 Å². The van der Waals surface area contributed by atoms with Gasteiger partial charge in [0.05, 0.1) is 57.6 Å². The van der Waals surface area contributed by atoms with Crippen LogP contribution in [0.5, 0.6) is 0 Å². The lowest BCUT2D eigenvalue weighted by Crippen LogP contribution is -2.15. The second-order valence-corrected chi connectivity index (χ2v) is 41.4. The Hall–Kier alpha value is -12.1. The van der Waals surface area contributed by atoms with E-state index in [2.05, 4.69) is 54.7 Å². The lowest BCUT2D eigenvalue weighted by molar-refractivity contribution is 0.0687. The average Bonchev–Trinajstić information content (AvgIpc) is 1.25. The first-order chi connectivity index (χ1) is 58.5. The Morgan fingerprint density at radius 1 is 0.317 bits per heavy atom. The number of halogens is 4. The molecule has 26 nitrogen and oxygen atoms in total. The number of tetrazole rings is 1. The van der Waals surface area contributed by atoms with Gasteiger partial charge in [0.15, 0.2) is 0 Å². The third-order valence-electron chi connectivity index (χ3n) is 17.8. The van der Waals surface area contributed by atoms with E-state index in [0.29, 0.717) is 22.6 Å². The molecule has 13 aromatic rings. The van der Waals surface area contributed by atoms with Gasteiger partial charge in [-0.2, -0.15) is 5.21 Å². The molecule has 0 bridgehead atoms. The number of carboxylic acids is 2. The van der Waals surface area contributed by atoms with E-state index in [1.807, 2.05) is 126 Å². The summed E-state index contributed by atoms with van der Waals surface area (Å²) in [7, 11) is -6.60. The van der Waals surface area contributed by atoms with Crippen LogP contribution in [0, 0.1) is 110 Å². The second-order valence-electron chi connectivity index (χ2n) is 28.6. The number of carbonyl (C=O) groups is 2. The van der Waals surface area contributed by atoms with Gasteiger partial charge >= 0.3 is 11.9 Å². The molecule has 0 aliphatic rings. The number of nitrogens with two attached hydrogens (primary N) is 3. The molecular formula is C90H98Cl3FN10O16S6. The first kappa shape index (κ1) is 104. The van der Waals surface area contributed by atoms with Gasteiger partial charge in [-0.1, -0.05) is 148 Å². The molecule has 668 valence electrons. The van der Waals surface area contributed by atoms with Crippen molar-refractivity contribution >= 4 is 135 Å². The lowest BCUT2D eigenvalue weighted by atomic mass is 10.1. The number of anilines is 6. The van der Waals surface area contributed by atoms with Crippen LogP contribution >= 0.6 is 32.0 Å². The standard InChI is InChI=1S/C16H19NO2S.C15H15NO4S.C14H12FN5O2S.C9H13N.C8H9NO2.3C7H7ClO2S.C7H9N/c1-11-5-7-15(8-6-11)20(18,19)17-16-10-13(3)12(2)9-14(16)4;1-10-3-6-12(7-4-10)21(19,20)16-14-8-5-11(2)9-13(14)15(17)18;1-9-2-7-12(14-16-19-20-17-14)13(8-9)18-23(21,22)11-5-3-10(15)4-6-11;1-6-4-8(3)9(10)5-7(6)2;1-5-2-3-7(9)6(4-5)8(10)11;3*1-6-2-4-7(5-3-6)11(8,9)10;1-6-2-4-7(8)5-3-6/h5-10,17H,1-4H3;3-9,16H,1-2H3,(H,17,18);2-8,18H,1H3,(H,16,17,19,20);4-5H,10H2,1-3H3;2-4H,9H2,1H3,(H,10,11);3*2-5H,1H3;2-5H,8H2,1H3. The molecule has 0 unspecified atom stereocenters. The van der Waals surface area contributed by atoms with Gasteiger partial charge in [-0.25, -0.2) is 64.5 Å². The number of nitrogens with zero attached hydrogens (tertiary/aromatic N) is 3. The molecule has 12 aromatic carbocycles. The van der Waals surface area contributed by atoms with Crippen LogP contribution in [-0.2, 0) is 57.2 Å². The van der Waals surface area contributed by atoms with E-state index in [1.165, 1.54) is 95.1 Å². The zero-order valence-corrected chi connectivity index (χ0v) is 78.5. The van der Waals surface area contributed by atoms with Crippen LogP contribution in [0.25, 0.3) is 11.4 Å². The summed E-state index contributed by atoms with van der Waals surface area (Å²) >= 11 is 0. The minimum Gasteiger partial charge on any atom is -0.478 e. The zero-order chi connectivity index (χ0) is 94.6. The van der Waals surface area contributed by atoms with Gasteiger partial charge in [-0.15, -0.1) is 10.2 Å². The number of aromatic nitrogens is 4. The van der Waals surface area contributed by atoms with Crippen LogP contribution in [0.1, 0.15) is 104 Å². The highest BCUT2D eigenvalue weighted by atomic mass is 35.7. The predicted molar refractivity (Wildman–Crippen MR) is 500 cm³/mol. The normalized spacial score (nSPS) is 10.9. The Kier molecular flexibility index (Phi) is 38.8. The number of sulfonamides is 3. The van der Waals surface area contributed by atoms with Crippen molar-refractivity contribution in [3.63, 3.8) is 0 Å². The minimum absolute atomic E-state index is 0.0422. The highest BCUT2D eigenvalue weighted by Crippen LogP contribution is 2.30. The third-order valence-corrected chi connectivity index (χ3v) is 26.1. The number of nitrogen functional groups attached to an aromatic ring is 3. The van der Waals surface area contributed by atoms with Gasteiger partial charge in [-0.3, -0.25) is 14.2 Å². The number of aromatic carboxylic acids is 2. The second kappa shape index (κ2) is 46.8. The quantitative estimate of drug-likeness (QED) is 0.0340. The summed E-state index contributed by atoms with van der Waals surface area (Å²) in [5.41, 5.74) is 35.8. The van der Waals surface area contributed by atoms with Gasteiger partial charge in [0, 0.05) is 54.7 Å². The van der Waals surface area contributed by atoms with Crippen molar-refractivity contribution in [1.29, 1.82) is 0 Å². The van der Waals surface area contributed by atoms with Gasteiger partial charge < -0.3 is 27.4 Å². The summed E-state index contributed by atoms with van der Waals surface area (Å²) < 4.78 is 159. The van der Waals surface area contributed by atoms with Gasteiger partial charge in [0.25, 0.3) is 57.2 Å². The van der Waals surface area contributed by atoms with Crippen LogP contribution < -0.4 is 31.4 Å². The Bertz CT molecular complexity index is 6390. The molecule has 0 saturated heterocycles. The molecule has 0 fully saturated rings. The van der Waals surface area contributed by atoms with Crippen LogP contribution in [0.4, 0.5) is 38.5 Å². The van der Waals surface area contributed by atoms with E-state index in [1.54, 1.807) is 122 Å². The fourth-order valence-electron chi connectivity index (χ4n) is 10.4. The molecule has 0 atom stereocenters. The summed E-state index contributed by atoms with van der Waals surface area (Å²) in [6.07, 6.45) is 0. The predicted octanol–water partition coefficient (Wildman–Crippen LogP) is 19.5. The van der Waals surface area contributed by atoms with Crippen molar-refractivity contribution in [3.05, 3.63) is 349 Å². The summed E-state index contributed by atoms with van der Waals surface area (Å²) in [5, 5.41) is 31.3. The third kappa shape index (κ3) is 34.8. The molecule has 0 amide bonds. The molecule has 0 saturated carbocycles. The number of H-pyrrole nitrogens is 1. The van der Waals surface area contributed by atoms with Crippen LogP contribution in [0.15, 0.2) is 278 Å². The van der Waals surface area contributed by atoms with Crippen LogP contribution in [0.2, 0.25) is 0 Å². The number of hydrogen-bond acceptors (Lipinski definition) is 20. The lowest BCUT2D eigenvalue weighted by Gasteiger charge is -2.13. The summed E-state index contributed by atoms with van der Waals surface area (Å²) in [6, 6.07) is 67.2. The molecule has 0 aliphatic carbocycles. The van der Waals surface area contributed by atoms with Crippen molar-refractivity contribution < 1.29 is 74.7 Å². The molecule has 0 aliphatic heterocycles. The Balaban J connectivity index is 0.000000257. The van der Waals surface area contributed by atoms with Gasteiger partial charge in [0.1, 0.15) is 5.82 Å². The maximum Gasteiger partial charge on any atom is 0.337 e. The monoisotopic (exact) mass is 1890 g/mol. The highest BCUT2D eigenvalue weighted by Gasteiger charge is 2.22. The molecule has 0 radical (unpaired) electrons. The number of benzene rings is 12. The summed E-state index contributed by atoms with van der Waals surface area (Å²) in [5.74, 6) is -2.40. The fraction of sp³-hybridized carbons (Fsp3) is 0.167. The molecule has 1 aromatic heterocycles.